The molecular weight excluding hydrogens is 256 g/mol. The van der Waals surface area contributed by atoms with Crippen LogP contribution in [0.5, 0.6) is 5.75 Å². The van der Waals surface area contributed by atoms with Crippen molar-refractivity contribution >= 4 is 0 Å². The van der Waals surface area contributed by atoms with Crippen molar-refractivity contribution < 1.29 is 4.74 Å². The van der Waals surface area contributed by atoms with E-state index in [0.29, 0.717) is 11.8 Å². The minimum Gasteiger partial charge on any atom is -0.487 e. The normalized spacial score (nSPS) is 27.2. The molecule has 1 aliphatic heterocycles. The van der Waals surface area contributed by atoms with Crippen molar-refractivity contribution in [3.05, 3.63) is 41.0 Å². The van der Waals surface area contributed by atoms with Crippen LogP contribution in [-0.4, -0.2) is 5.60 Å². The molecule has 1 heterocycles. The highest BCUT2D eigenvalue weighted by atomic mass is 16.5. The van der Waals surface area contributed by atoms with E-state index in [9.17, 15) is 0 Å². The molecule has 114 valence electrons. The molecule has 1 nitrogen and oxygen atoms in total. The van der Waals surface area contributed by atoms with Gasteiger partial charge >= 0.3 is 0 Å². The third-order valence-corrected chi connectivity index (χ3v) is 5.29. The standard InChI is InChI=1S/C20H28O/c1-13-7-10-17-16(11-13)15-9-8-14(19(2,3)4)12-18(15)21-20(17,5)6/h7-9,12,16-17H,10-11H2,1-6H3/t16-,17+/m0/s1. The monoisotopic (exact) mass is 284 g/mol. The summed E-state index contributed by atoms with van der Waals surface area (Å²) in [6.45, 7) is 13.6. The van der Waals surface area contributed by atoms with Gasteiger partial charge in [0.15, 0.2) is 0 Å². The molecule has 1 aromatic carbocycles. The lowest BCUT2D eigenvalue weighted by Gasteiger charge is -2.47. The molecule has 2 aliphatic rings. The minimum atomic E-state index is -0.0780. The first kappa shape index (κ1) is 14.7. The van der Waals surface area contributed by atoms with Crippen molar-refractivity contribution in [2.45, 2.75) is 71.3 Å². The number of benzene rings is 1. The van der Waals surface area contributed by atoms with Gasteiger partial charge in [0.1, 0.15) is 11.4 Å². The molecule has 0 fully saturated rings. The van der Waals surface area contributed by atoms with Crippen LogP contribution in [0.4, 0.5) is 0 Å². The first-order chi connectivity index (χ1) is 9.68. The largest absolute Gasteiger partial charge is 0.487 e. The molecule has 0 aromatic heterocycles. The molecule has 0 unspecified atom stereocenters. The third kappa shape index (κ3) is 2.52. The summed E-state index contributed by atoms with van der Waals surface area (Å²) in [5, 5.41) is 0. The third-order valence-electron chi connectivity index (χ3n) is 5.29. The fourth-order valence-corrected chi connectivity index (χ4v) is 3.91. The van der Waals surface area contributed by atoms with Gasteiger partial charge in [0.2, 0.25) is 0 Å². The van der Waals surface area contributed by atoms with Crippen molar-refractivity contribution in [2.24, 2.45) is 5.92 Å². The maximum absolute atomic E-state index is 6.43. The molecule has 3 rings (SSSR count). The molecule has 1 aromatic rings. The SMILES string of the molecule is CC1=CC[C@@H]2[C@@H](C1)c1ccc(C(C)(C)C)cc1OC2(C)C. The van der Waals surface area contributed by atoms with E-state index in [1.165, 1.54) is 23.1 Å². The van der Waals surface area contributed by atoms with E-state index in [2.05, 4.69) is 65.8 Å². The van der Waals surface area contributed by atoms with Crippen molar-refractivity contribution in [3.8, 4) is 5.75 Å². The Morgan fingerprint density at radius 3 is 2.57 bits per heavy atom. The van der Waals surface area contributed by atoms with Crippen LogP contribution >= 0.6 is 0 Å². The molecule has 0 N–H and O–H groups in total. The molecular formula is C20H28O. The minimum absolute atomic E-state index is 0.0780. The van der Waals surface area contributed by atoms with Gasteiger partial charge in [-0.1, -0.05) is 44.6 Å². The van der Waals surface area contributed by atoms with Crippen molar-refractivity contribution in [1.82, 2.24) is 0 Å². The zero-order valence-electron chi connectivity index (χ0n) is 14.3. The van der Waals surface area contributed by atoms with E-state index in [1.54, 1.807) is 0 Å². The van der Waals surface area contributed by atoms with Gasteiger partial charge < -0.3 is 4.74 Å². The van der Waals surface area contributed by atoms with Crippen molar-refractivity contribution in [1.29, 1.82) is 0 Å². The summed E-state index contributed by atoms with van der Waals surface area (Å²) in [6.07, 6.45) is 4.73. The Kier molecular flexibility index (Phi) is 3.24. The van der Waals surface area contributed by atoms with Crippen LogP contribution in [0.1, 0.15) is 71.4 Å². The molecule has 1 heteroatoms. The smallest absolute Gasteiger partial charge is 0.123 e. The number of ether oxygens (including phenoxy) is 1. The van der Waals surface area contributed by atoms with E-state index < -0.39 is 0 Å². The second kappa shape index (κ2) is 4.63. The van der Waals surface area contributed by atoms with E-state index >= 15 is 0 Å². The highest BCUT2D eigenvalue weighted by Crippen LogP contribution is 2.51. The van der Waals surface area contributed by atoms with Gasteiger partial charge in [-0.3, -0.25) is 0 Å². The van der Waals surface area contributed by atoms with Gasteiger partial charge in [0.25, 0.3) is 0 Å². The van der Waals surface area contributed by atoms with Crippen LogP contribution in [0.2, 0.25) is 0 Å². The van der Waals surface area contributed by atoms with Gasteiger partial charge in [-0.15, -0.1) is 0 Å². The lowest BCUT2D eigenvalue weighted by molar-refractivity contribution is 0.00839. The molecule has 0 radical (unpaired) electrons. The fourth-order valence-electron chi connectivity index (χ4n) is 3.91. The summed E-state index contributed by atoms with van der Waals surface area (Å²) in [4.78, 5) is 0. The Bertz CT molecular complexity index is 586. The molecule has 0 spiro atoms. The van der Waals surface area contributed by atoms with Crippen molar-refractivity contribution in [2.75, 3.05) is 0 Å². The predicted molar refractivity (Wildman–Crippen MR) is 89.1 cm³/mol. The fraction of sp³-hybridized carbons (Fsp3) is 0.600. The zero-order chi connectivity index (χ0) is 15.4. The lowest BCUT2D eigenvalue weighted by atomic mass is 9.67. The van der Waals surface area contributed by atoms with Gasteiger partial charge in [-0.05, 0) is 62.1 Å². The van der Waals surface area contributed by atoms with Crippen LogP contribution in [0.25, 0.3) is 0 Å². The highest BCUT2D eigenvalue weighted by Gasteiger charge is 2.44. The summed E-state index contributed by atoms with van der Waals surface area (Å²) in [6, 6.07) is 6.90. The number of hydrogen-bond acceptors (Lipinski definition) is 1. The van der Waals surface area contributed by atoms with Gasteiger partial charge in [0, 0.05) is 5.92 Å². The quantitative estimate of drug-likeness (QED) is 0.564. The van der Waals surface area contributed by atoms with Crippen LogP contribution in [0.15, 0.2) is 29.8 Å². The van der Waals surface area contributed by atoms with E-state index in [4.69, 9.17) is 4.74 Å². The van der Waals surface area contributed by atoms with Gasteiger partial charge in [-0.2, -0.15) is 0 Å². The van der Waals surface area contributed by atoms with Gasteiger partial charge in [0.05, 0.1) is 0 Å². The Morgan fingerprint density at radius 2 is 1.90 bits per heavy atom. The number of allylic oxidation sites excluding steroid dienone is 2. The first-order valence-electron chi connectivity index (χ1n) is 8.17. The molecule has 2 atom stereocenters. The van der Waals surface area contributed by atoms with E-state index in [0.717, 1.165) is 12.2 Å². The number of fused-ring (bicyclic) bond motifs is 3. The Morgan fingerprint density at radius 1 is 1.19 bits per heavy atom. The number of rotatable bonds is 0. The summed E-state index contributed by atoms with van der Waals surface area (Å²) in [5.41, 5.74) is 4.39. The highest BCUT2D eigenvalue weighted by molar-refractivity contribution is 5.46. The molecule has 1 aliphatic carbocycles. The Hall–Kier alpha value is -1.24. The second-order valence-corrected chi connectivity index (χ2v) is 8.41. The zero-order valence-corrected chi connectivity index (χ0v) is 14.3. The molecule has 0 bridgehead atoms. The maximum Gasteiger partial charge on any atom is 0.123 e. The second-order valence-electron chi connectivity index (χ2n) is 8.41. The first-order valence-corrected chi connectivity index (χ1v) is 8.17. The Labute approximate surface area is 129 Å². The van der Waals surface area contributed by atoms with Crippen LogP contribution in [0.3, 0.4) is 0 Å². The molecule has 0 amide bonds. The topological polar surface area (TPSA) is 9.23 Å². The van der Waals surface area contributed by atoms with E-state index in [-0.39, 0.29) is 11.0 Å². The molecule has 0 saturated heterocycles. The maximum atomic E-state index is 6.43. The summed E-state index contributed by atoms with van der Waals surface area (Å²) in [7, 11) is 0. The predicted octanol–water partition coefficient (Wildman–Crippen LogP) is 5.60. The van der Waals surface area contributed by atoms with Crippen LogP contribution in [0, 0.1) is 5.92 Å². The lowest BCUT2D eigenvalue weighted by Crippen LogP contribution is -2.45. The van der Waals surface area contributed by atoms with Crippen LogP contribution in [-0.2, 0) is 5.41 Å². The summed E-state index contributed by atoms with van der Waals surface area (Å²) >= 11 is 0. The van der Waals surface area contributed by atoms with Crippen LogP contribution < -0.4 is 4.74 Å². The summed E-state index contributed by atoms with van der Waals surface area (Å²) in [5.74, 6) is 2.32. The Balaban J connectivity index is 2.08. The number of hydrogen-bond donors (Lipinski definition) is 0. The average Bonchev–Trinajstić information content (AvgIpc) is 2.36. The average molecular weight is 284 g/mol. The van der Waals surface area contributed by atoms with E-state index in [1.807, 2.05) is 0 Å². The summed E-state index contributed by atoms with van der Waals surface area (Å²) < 4.78 is 6.43. The van der Waals surface area contributed by atoms with Gasteiger partial charge in [-0.25, -0.2) is 0 Å². The van der Waals surface area contributed by atoms with Crippen molar-refractivity contribution in [3.63, 3.8) is 0 Å². The molecule has 0 saturated carbocycles. The molecule has 21 heavy (non-hydrogen) atoms.